The smallest absolute Gasteiger partial charge is 0.223 e. The number of nitrogens with one attached hydrogen (secondary N) is 1. The first-order valence-corrected chi connectivity index (χ1v) is 7.02. The van der Waals surface area contributed by atoms with E-state index in [2.05, 4.69) is 10.3 Å². The number of nitrogens with zero attached hydrogens (tertiary/aromatic N) is 1. The summed E-state index contributed by atoms with van der Waals surface area (Å²) in [4.78, 5) is 14.9. The Morgan fingerprint density at radius 2 is 1.79 bits per heavy atom. The lowest BCUT2D eigenvalue weighted by molar-refractivity contribution is -0.114. The van der Waals surface area contributed by atoms with E-state index in [1.54, 1.807) is 12.1 Å². The van der Waals surface area contributed by atoms with Gasteiger partial charge in [-0.2, -0.15) is 0 Å². The topological polar surface area (TPSA) is 76.1 Å². The van der Waals surface area contributed by atoms with Crippen LogP contribution in [-0.2, 0) is 14.6 Å². The first kappa shape index (κ1) is 13.2. The predicted molar refractivity (Wildman–Crippen MR) is 70.4 cm³/mol. The van der Waals surface area contributed by atoms with Crippen LogP contribution in [0, 0.1) is 0 Å². The molecule has 2 rings (SSSR count). The minimum absolute atomic E-state index is 0.00211. The number of aromatic nitrogens is 1. The molecule has 0 aliphatic carbocycles. The van der Waals surface area contributed by atoms with E-state index in [-0.39, 0.29) is 15.8 Å². The van der Waals surface area contributed by atoms with Crippen LogP contribution in [0.5, 0.6) is 0 Å². The van der Waals surface area contributed by atoms with E-state index >= 15 is 0 Å². The van der Waals surface area contributed by atoms with Crippen molar-refractivity contribution in [3.63, 3.8) is 0 Å². The van der Waals surface area contributed by atoms with E-state index in [1.165, 1.54) is 43.5 Å². The third kappa shape index (κ3) is 2.97. The molecule has 0 saturated carbocycles. The van der Waals surface area contributed by atoms with Gasteiger partial charge in [-0.25, -0.2) is 13.4 Å². The molecule has 1 aromatic heterocycles. The molecule has 2 aromatic rings. The zero-order valence-electron chi connectivity index (χ0n) is 10.2. The van der Waals surface area contributed by atoms with Crippen molar-refractivity contribution in [2.24, 2.45) is 0 Å². The molecule has 0 saturated heterocycles. The second kappa shape index (κ2) is 5.19. The number of carbonyl (C=O) groups excluding carboxylic acids is 1. The van der Waals surface area contributed by atoms with Crippen LogP contribution in [-0.4, -0.2) is 19.3 Å². The molecule has 1 amide bonds. The summed E-state index contributed by atoms with van der Waals surface area (Å²) in [5, 5.41) is 2.58. The maximum Gasteiger partial charge on any atom is 0.223 e. The average molecular weight is 276 g/mol. The standard InChI is InChI=1S/C13H12N2O3S/c1-10(16)15-11-5-7-12(8-6-11)19(17,18)13-4-2-3-9-14-13/h2-9H,1H3,(H,15,16). The lowest BCUT2D eigenvalue weighted by atomic mass is 10.3. The number of anilines is 1. The van der Waals surface area contributed by atoms with E-state index in [0.29, 0.717) is 5.69 Å². The van der Waals surface area contributed by atoms with E-state index in [0.717, 1.165) is 0 Å². The number of carbonyl (C=O) groups is 1. The van der Waals surface area contributed by atoms with Gasteiger partial charge in [0.25, 0.3) is 0 Å². The van der Waals surface area contributed by atoms with Gasteiger partial charge >= 0.3 is 0 Å². The molecule has 5 nitrogen and oxygen atoms in total. The van der Waals surface area contributed by atoms with Crippen molar-refractivity contribution in [2.75, 3.05) is 5.32 Å². The van der Waals surface area contributed by atoms with Crippen LogP contribution in [0.25, 0.3) is 0 Å². The SMILES string of the molecule is CC(=O)Nc1ccc(S(=O)(=O)c2ccccn2)cc1. The van der Waals surface area contributed by atoms with Crippen LogP contribution in [0.3, 0.4) is 0 Å². The number of sulfone groups is 1. The Balaban J connectivity index is 2.35. The molecular weight excluding hydrogens is 264 g/mol. The molecule has 98 valence electrons. The first-order chi connectivity index (χ1) is 9.00. The van der Waals surface area contributed by atoms with Crippen LogP contribution in [0.15, 0.2) is 58.6 Å². The highest BCUT2D eigenvalue weighted by molar-refractivity contribution is 7.91. The van der Waals surface area contributed by atoms with Crippen LogP contribution >= 0.6 is 0 Å². The second-order valence-corrected chi connectivity index (χ2v) is 5.77. The van der Waals surface area contributed by atoms with Crippen LogP contribution in [0.2, 0.25) is 0 Å². The third-order valence-electron chi connectivity index (χ3n) is 2.40. The van der Waals surface area contributed by atoms with Gasteiger partial charge in [0.15, 0.2) is 5.03 Å². The van der Waals surface area contributed by atoms with Crippen molar-refractivity contribution in [2.45, 2.75) is 16.8 Å². The zero-order valence-corrected chi connectivity index (χ0v) is 11.0. The maximum absolute atomic E-state index is 12.2. The highest BCUT2D eigenvalue weighted by Crippen LogP contribution is 2.20. The quantitative estimate of drug-likeness (QED) is 0.928. The highest BCUT2D eigenvalue weighted by Gasteiger charge is 2.18. The fourth-order valence-corrected chi connectivity index (χ4v) is 2.74. The Morgan fingerprint density at radius 3 is 2.32 bits per heavy atom. The minimum Gasteiger partial charge on any atom is -0.326 e. The van der Waals surface area contributed by atoms with Crippen molar-refractivity contribution in [1.82, 2.24) is 4.98 Å². The summed E-state index contributed by atoms with van der Waals surface area (Å²) >= 11 is 0. The number of hydrogen-bond acceptors (Lipinski definition) is 4. The Morgan fingerprint density at radius 1 is 1.11 bits per heavy atom. The summed E-state index contributed by atoms with van der Waals surface area (Å²) in [5.41, 5.74) is 0.549. The predicted octanol–water partition coefficient (Wildman–Crippen LogP) is 1.87. The molecule has 0 atom stereocenters. The zero-order chi connectivity index (χ0) is 13.9. The van der Waals surface area contributed by atoms with E-state index in [1.807, 2.05) is 0 Å². The van der Waals surface area contributed by atoms with Gasteiger partial charge in [-0.1, -0.05) is 6.07 Å². The van der Waals surface area contributed by atoms with Gasteiger partial charge in [-0.05, 0) is 36.4 Å². The van der Waals surface area contributed by atoms with E-state index in [9.17, 15) is 13.2 Å². The van der Waals surface area contributed by atoms with Crippen molar-refractivity contribution < 1.29 is 13.2 Å². The number of pyridine rings is 1. The third-order valence-corrected chi connectivity index (χ3v) is 4.08. The molecule has 0 aliphatic heterocycles. The van der Waals surface area contributed by atoms with Crippen molar-refractivity contribution >= 4 is 21.4 Å². The molecule has 0 fully saturated rings. The summed E-state index contributed by atoms with van der Waals surface area (Å²) in [6, 6.07) is 10.7. The van der Waals surface area contributed by atoms with Gasteiger partial charge in [0.2, 0.25) is 15.7 Å². The molecule has 1 aromatic carbocycles. The molecule has 6 heteroatoms. The molecule has 0 bridgehead atoms. The largest absolute Gasteiger partial charge is 0.326 e. The molecule has 0 radical (unpaired) electrons. The van der Waals surface area contributed by atoms with Crippen LogP contribution in [0.4, 0.5) is 5.69 Å². The number of benzene rings is 1. The normalized spacial score (nSPS) is 11.0. The number of rotatable bonds is 3. The van der Waals surface area contributed by atoms with Gasteiger partial charge in [0.05, 0.1) is 4.90 Å². The number of hydrogen-bond donors (Lipinski definition) is 1. The highest BCUT2D eigenvalue weighted by atomic mass is 32.2. The van der Waals surface area contributed by atoms with Gasteiger partial charge < -0.3 is 5.32 Å². The maximum atomic E-state index is 12.2. The fourth-order valence-electron chi connectivity index (χ4n) is 1.55. The molecule has 0 aliphatic rings. The van der Waals surface area contributed by atoms with Gasteiger partial charge in [-0.3, -0.25) is 4.79 Å². The summed E-state index contributed by atoms with van der Waals surface area (Å²) in [5.74, 6) is -0.208. The molecule has 1 N–H and O–H groups in total. The minimum atomic E-state index is -3.61. The van der Waals surface area contributed by atoms with Crippen molar-refractivity contribution in [3.05, 3.63) is 48.7 Å². The van der Waals surface area contributed by atoms with E-state index < -0.39 is 9.84 Å². The second-order valence-electron chi connectivity index (χ2n) is 3.88. The average Bonchev–Trinajstić information content (AvgIpc) is 2.40. The van der Waals surface area contributed by atoms with Crippen LogP contribution in [0.1, 0.15) is 6.92 Å². The fraction of sp³-hybridized carbons (Fsp3) is 0.0769. The van der Waals surface area contributed by atoms with Crippen molar-refractivity contribution in [1.29, 1.82) is 0 Å². The molecule has 0 unspecified atom stereocenters. The lowest BCUT2D eigenvalue weighted by Gasteiger charge is -2.05. The van der Waals surface area contributed by atoms with Gasteiger partial charge in [0, 0.05) is 18.8 Å². The molecular formula is C13H12N2O3S. The lowest BCUT2D eigenvalue weighted by Crippen LogP contribution is -2.07. The summed E-state index contributed by atoms with van der Waals surface area (Å²) < 4.78 is 24.4. The van der Waals surface area contributed by atoms with Crippen LogP contribution < -0.4 is 5.32 Å². The Hall–Kier alpha value is -2.21. The Bertz CT molecular complexity index is 680. The number of amides is 1. The molecule has 0 spiro atoms. The summed E-state index contributed by atoms with van der Waals surface area (Å²) in [6.07, 6.45) is 1.43. The summed E-state index contributed by atoms with van der Waals surface area (Å²) in [6.45, 7) is 1.39. The first-order valence-electron chi connectivity index (χ1n) is 5.54. The van der Waals surface area contributed by atoms with E-state index in [4.69, 9.17) is 0 Å². The Labute approximate surface area is 111 Å². The monoisotopic (exact) mass is 276 g/mol. The van der Waals surface area contributed by atoms with Gasteiger partial charge in [-0.15, -0.1) is 0 Å². The van der Waals surface area contributed by atoms with Crippen molar-refractivity contribution in [3.8, 4) is 0 Å². The Kier molecular flexibility index (Phi) is 3.62. The molecule has 19 heavy (non-hydrogen) atoms. The van der Waals surface area contributed by atoms with Gasteiger partial charge in [0.1, 0.15) is 0 Å². The molecule has 1 heterocycles. The summed E-state index contributed by atoms with van der Waals surface area (Å²) in [7, 11) is -3.61.